The molecule has 3 nitrogen and oxygen atoms in total. The normalized spacial score (nSPS) is 11.9. The highest BCUT2D eigenvalue weighted by Crippen LogP contribution is 2.28. The predicted octanol–water partition coefficient (Wildman–Crippen LogP) is 2.70. The van der Waals surface area contributed by atoms with Crippen molar-refractivity contribution in [2.24, 2.45) is 0 Å². The van der Waals surface area contributed by atoms with Crippen LogP contribution in [0, 0.1) is 17.6 Å². The zero-order chi connectivity index (χ0) is 13.5. The Morgan fingerprint density at radius 3 is 2.28 bits per heavy atom. The summed E-state index contributed by atoms with van der Waals surface area (Å²) in [5.41, 5.74) is -1.30. The van der Waals surface area contributed by atoms with Gasteiger partial charge in [-0.05, 0) is 6.07 Å². The lowest BCUT2D eigenvalue weighted by molar-refractivity contribution is -0.141. The number of nitrogens with zero attached hydrogens (tertiary/aromatic N) is 3. The molecule has 0 bridgehead atoms. The van der Waals surface area contributed by atoms with E-state index in [0.29, 0.717) is 10.7 Å². The minimum Gasteiger partial charge on any atom is -0.219 e. The maximum absolute atomic E-state index is 13.2. The highest BCUT2D eigenvalue weighted by molar-refractivity contribution is 5.25. The fourth-order valence-corrected chi connectivity index (χ4v) is 1.19. The van der Waals surface area contributed by atoms with E-state index < -0.39 is 35.3 Å². The summed E-state index contributed by atoms with van der Waals surface area (Å²) < 4.78 is 75.6. The van der Waals surface area contributed by atoms with E-state index in [9.17, 15) is 26.3 Å². The van der Waals surface area contributed by atoms with E-state index in [-0.39, 0.29) is 6.07 Å². The Hall–Kier alpha value is -2.06. The van der Waals surface area contributed by atoms with Crippen LogP contribution in [0.1, 0.15) is 5.69 Å². The molecule has 0 spiro atoms. The quantitative estimate of drug-likeness (QED) is 0.587. The summed E-state index contributed by atoms with van der Waals surface area (Å²) in [5.74, 6) is -5.36. The molecular weight excluding hydrogens is 264 g/mol. The molecule has 96 valence electrons. The second-order valence-electron chi connectivity index (χ2n) is 3.21. The van der Waals surface area contributed by atoms with Gasteiger partial charge in [-0.1, -0.05) is 0 Å². The fraction of sp³-hybridized carbons (Fsp3) is 0.111. The monoisotopic (exact) mass is 267 g/mol. The van der Waals surface area contributed by atoms with E-state index in [1.165, 1.54) is 0 Å². The van der Waals surface area contributed by atoms with Crippen LogP contribution >= 0.6 is 0 Å². The van der Waals surface area contributed by atoms with E-state index in [2.05, 4.69) is 10.1 Å². The van der Waals surface area contributed by atoms with Gasteiger partial charge >= 0.3 is 6.18 Å². The molecular formula is C9H3F6N3. The third-order valence-corrected chi connectivity index (χ3v) is 1.96. The van der Waals surface area contributed by atoms with Crippen molar-refractivity contribution < 1.29 is 26.3 Å². The molecule has 9 heteroatoms. The third kappa shape index (κ3) is 2.15. The average Bonchev–Trinajstić information content (AvgIpc) is 2.72. The van der Waals surface area contributed by atoms with Crippen LogP contribution in [0.2, 0.25) is 0 Å². The molecule has 0 amide bonds. The predicted molar refractivity (Wildman–Crippen MR) is 46.2 cm³/mol. The lowest BCUT2D eigenvalue weighted by Gasteiger charge is -2.03. The molecule has 0 saturated heterocycles. The first-order valence-electron chi connectivity index (χ1n) is 4.44. The second kappa shape index (κ2) is 4.00. The van der Waals surface area contributed by atoms with Crippen LogP contribution in [-0.4, -0.2) is 14.8 Å². The summed E-state index contributed by atoms with van der Waals surface area (Å²) in [7, 11) is 0. The van der Waals surface area contributed by atoms with E-state index in [4.69, 9.17) is 0 Å². The summed E-state index contributed by atoms with van der Waals surface area (Å²) in [4.78, 5) is 2.85. The van der Waals surface area contributed by atoms with Crippen molar-refractivity contribution in [3.05, 3.63) is 41.6 Å². The zero-order valence-electron chi connectivity index (χ0n) is 8.34. The van der Waals surface area contributed by atoms with Gasteiger partial charge in [-0.25, -0.2) is 13.5 Å². The van der Waals surface area contributed by atoms with Gasteiger partial charge in [-0.15, -0.1) is 0 Å². The van der Waals surface area contributed by atoms with Gasteiger partial charge in [-0.3, -0.25) is 0 Å². The Kier molecular flexibility index (Phi) is 2.76. The Balaban J connectivity index is 2.50. The number of aromatic nitrogens is 3. The topological polar surface area (TPSA) is 30.7 Å². The van der Waals surface area contributed by atoms with E-state index >= 15 is 0 Å². The van der Waals surface area contributed by atoms with Crippen molar-refractivity contribution in [2.75, 3.05) is 0 Å². The molecule has 2 aromatic heterocycles. The summed E-state index contributed by atoms with van der Waals surface area (Å²) in [6.45, 7) is 0. The number of pyridine rings is 1. The molecule has 0 aliphatic rings. The van der Waals surface area contributed by atoms with Crippen LogP contribution in [-0.2, 0) is 6.18 Å². The average molecular weight is 267 g/mol. The standard InChI is InChI=1S/C9H3F6N3/c10-4-3-5(11)8(16-7(4)12)18-2-1-6(17-18)9(13,14)15/h1-3H. The highest BCUT2D eigenvalue weighted by atomic mass is 19.4. The third-order valence-electron chi connectivity index (χ3n) is 1.96. The Morgan fingerprint density at radius 1 is 1.06 bits per heavy atom. The molecule has 0 saturated carbocycles. The minimum atomic E-state index is -4.72. The molecule has 2 heterocycles. The summed E-state index contributed by atoms with van der Waals surface area (Å²) >= 11 is 0. The number of hydrogen-bond donors (Lipinski definition) is 0. The number of rotatable bonds is 1. The molecule has 2 rings (SSSR count). The van der Waals surface area contributed by atoms with Gasteiger partial charge in [0.1, 0.15) is 0 Å². The van der Waals surface area contributed by atoms with Crippen molar-refractivity contribution in [1.82, 2.24) is 14.8 Å². The lowest BCUT2D eigenvalue weighted by Crippen LogP contribution is -2.09. The number of alkyl halides is 3. The Bertz CT molecular complexity index is 588. The van der Waals surface area contributed by atoms with Crippen molar-refractivity contribution in [3.63, 3.8) is 0 Å². The molecule has 0 unspecified atom stereocenters. The SMILES string of the molecule is Fc1cc(F)c(-n2ccc(C(F)(F)F)n2)nc1F. The van der Waals surface area contributed by atoms with Gasteiger partial charge in [0.2, 0.25) is 0 Å². The van der Waals surface area contributed by atoms with E-state index in [0.717, 1.165) is 6.20 Å². The van der Waals surface area contributed by atoms with Crippen molar-refractivity contribution in [3.8, 4) is 5.82 Å². The van der Waals surface area contributed by atoms with Crippen molar-refractivity contribution in [1.29, 1.82) is 0 Å². The first-order valence-corrected chi connectivity index (χ1v) is 4.44. The van der Waals surface area contributed by atoms with Gasteiger partial charge in [0.15, 0.2) is 23.1 Å². The van der Waals surface area contributed by atoms with Gasteiger partial charge in [-0.2, -0.15) is 27.6 Å². The summed E-state index contributed by atoms with van der Waals surface area (Å²) in [6, 6.07) is 0.731. The lowest BCUT2D eigenvalue weighted by atomic mass is 10.4. The summed E-state index contributed by atoms with van der Waals surface area (Å²) in [6.07, 6.45) is -3.98. The summed E-state index contributed by atoms with van der Waals surface area (Å²) in [5, 5.41) is 2.98. The van der Waals surface area contributed by atoms with Crippen LogP contribution in [0.25, 0.3) is 5.82 Å². The maximum atomic E-state index is 13.2. The van der Waals surface area contributed by atoms with Gasteiger partial charge in [0, 0.05) is 12.3 Å². The van der Waals surface area contributed by atoms with Crippen molar-refractivity contribution in [2.45, 2.75) is 6.18 Å². The van der Waals surface area contributed by atoms with Crippen LogP contribution < -0.4 is 0 Å². The zero-order valence-corrected chi connectivity index (χ0v) is 8.34. The largest absolute Gasteiger partial charge is 0.435 e. The molecule has 0 fully saturated rings. The molecule has 0 aromatic carbocycles. The Morgan fingerprint density at radius 2 is 1.72 bits per heavy atom. The first kappa shape index (κ1) is 12.4. The smallest absolute Gasteiger partial charge is 0.219 e. The van der Waals surface area contributed by atoms with Gasteiger partial charge in [0.25, 0.3) is 5.95 Å². The van der Waals surface area contributed by atoms with Crippen LogP contribution in [0.5, 0.6) is 0 Å². The molecule has 0 N–H and O–H groups in total. The molecule has 0 atom stereocenters. The number of halogens is 6. The second-order valence-corrected chi connectivity index (χ2v) is 3.21. The first-order chi connectivity index (χ1) is 8.29. The maximum Gasteiger partial charge on any atom is 0.435 e. The van der Waals surface area contributed by atoms with E-state index in [1.807, 2.05) is 0 Å². The molecule has 0 radical (unpaired) electrons. The van der Waals surface area contributed by atoms with Crippen LogP contribution in [0.4, 0.5) is 26.3 Å². The Labute approximate surface area is 95.7 Å². The molecule has 18 heavy (non-hydrogen) atoms. The molecule has 0 aliphatic heterocycles. The van der Waals surface area contributed by atoms with Gasteiger partial charge in [0.05, 0.1) is 0 Å². The van der Waals surface area contributed by atoms with Crippen molar-refractivity contribution >= 4 is 0 Å². The minimum absolute atomic E-state index is 0.173. The molecule has 2 aromatic rings. The van der Waals surface area contributed by atoms with Crippen LogP contribution in [0.15, 0.2) is 18.3 Å². The molecule has 0 aliphatic carbocycles. The number of hydrogen-bond acceptors (Lipinski definition) is 2. The van der Waals surface area contributed by atoms with E-state index in [1.54, 1.807) is 0 Å². The van der Waals surface area contributed by atoms with Gasteiger partial charge < -0.3 is 0 Å². The van der Waals surface area contributed by atoms with Crippen LogP contribution in [0.3, 0.4) is 0 Å². The highest BCUT2D eigenvalue weighted by Gasteiger charge is 2.34. The fourth-order valence-electron chi connectivity index (χ4n) is 1.19.